The number of hydrogen-bond donors (Lipinski definition) is 0. The summed E-state index contributed by atoms with van der Waals surface area (Å²) in [6.45, 7) is 0. The number of rotatable bonds is 30. The Morgan fingerprint density at radius 3 is 0.301 bits per heavy atom. The zero-order chi connectivity index (χ0) is 77.7. The third kappa shape index (κ3) is 18.4. The topological polar surface area (TPSA) is 0 Å². The molecule has 93 heteroatoms. The molecule has 0 saturated carbocycles. The van der Waals surface area contributed by atoms with E-state index < -0.39 is 164 Å². The first-order chi connectivity index (χ1) is 38.9. The van der Waals surface area contributed by atoms with Crippen LogP contribution in [0.1, 0.15) is 0 Å². The highest BCUT2D eigenvalue weighted by atomic mass is 34.5. The Kier molecular flexibility index (Phi) is 47.0. The van der Waals surface area contributed by atoms with E-state index in [0.29, 0.717) is 0 Å². The second-order valence-corrected chi connectivity index (χ2v) is 332. The van der Waals surface area contributed by atoms with Crippen LogP contribution in [0.25, 0.3) is 0 Å². The van der Waals surface area contributed by atoms with Crippen LogP contribution in [0, 0.1) is 0 Å². The molecule has 0 N–H and O–H groups in total. The maximum absolute atomic E-state index is 6.21. The molecular weight excluding hydrogens is 2980 g/mol. The molecule has 0 aromatic carbocycles. The summed E-state index contributed by atoms with van der Waals surface area (Å²) in [5, 5.41) is -113. The molecule has 0 bridgehead atoms. The fraction of sp³-hybridized carbons (Fsp3) is 0. The Balaban J connectivity index is 8.80. The van der Waals surface area contributed by atoms with Crippen molar-refractivity contribution in [1.82, 2.24) is 0 Å². The van der Waals surface area contributed by atoms with Gasteiger partial charge in [0.2, 0.25) is 0 Å². The van der Waals surface area contributed by atoms with Gasteiger partial charge < -0.3 is 12.2 Å². The van der Waals surface area contributed by atoms with E-state index in [-0.39, 0.29) is 0 Å². The summed E-state index contributed by atoms with van der Waals surface area (Å²) in [5.41, 5.74) is 0. The van der Waals surface area contributed by atoms with Crippen LogP contribution < -0.4 is 0 Å². The molecule has 0 radical (unpaired) electrons. The highest BCUT2D eigenvalue weighted by molar-refractivity contribution is 9.83. The first-order valence-corrected chi connectivity index (χ1v) is 138. The van der Waals surface area contributed by atoms with E-state index >= 15 is 0 Å². The van der Waals surface area contributed by atoms with Crippen LogP contribution in [-0.2, 0) is 854 Å². The Hall–Kier alpha value is 24.6. The molecule has 0 aliphatic carbocycles. The molecule has 93 heavy (non-hydrogen) atoms. The lowest BCUT2D eigenvalue weighted by Gasteiger charge is -2.37. The summed E-state index contributed by atoms with van der Waals surface area (Å²) >= 11 is 373. The van der Waals surface area contributed by atoms with Crippen molar-refractivity contribution in [2.24, 2.45) is 0 Å². The molecular formula is PS92-. The van der Waals surface area contributed by atoms with E-state index in [1.54, 1.807) is 0 Å². The predicted molar refractivity (Wildman–Crippen MR) is 685 cm³/mol. The van der Waals surface area contributed by atoms with Crippen LogP contribution in [0.15, 0.2) is 0 Å². The second kappa shape index (κ2) is 37.2. The standard InChI is InChI=1S/PS92/c2-1(3)65(6,7)67(10,11)69(14,15)71(18,19)73(22,23)75(26,27)77(30,31)79(34,35)81(38,39)83(42,43)85(46,47)87(50,51)89(54,55)91(58,59)93(62,63)92(60,61)90(56,57)88(52,53)86(48,49)84(44,45)82(40,41)80(36,37)78(32,33)76(28,29)74(24,25)72(20,21)70(16,17)68(12,13)66(8,9)64(4)5/q-1. The van der Waals surface area contributed by atoms with Gasteiger partial charge in [-0.3, -0.25) is 7.05 Å². The molecule has 0 aromatic heterocycles. The van der Waals surface area contributed by atoms with Gasteiger partial charge in [0.1, 0.15) is 22.7 Å². The van der Waals surface area contributed by atoms with Crippen LogP contribution in [0.4, 0.5) is 0 Å². The molecule has 0 nitrogen and oxygen atoms in total. The van der Waals surface area contributed by atoms with Crippen LogP contribution >= 0.6 is 5.10 Å². The van der Waals surface area contributed by atoms with Crippen molar-refractivity contribution >= 4 is 859 Å². The SMILES string of the molecule is S=[P+]([S-])S(=S)(=S)S(=S)(=S)S(=S)(=S)S(=S)(=S)S(=S)(=S)S(=S)(=S)S(=S)(=S)S(=S)(=S)S(=S)(=S)S(=S)(=S)S(=S)(=S)S(=S)(=S)S(=S)(=S)S(=S)(=S)S(=S)(=S)S(=S)(=S)S(=S)(=S)S(=S)(=S)S(=S)(=S)S(=S)(=S)S(=S)(=S)S(=S)(=S)S(=S)(=S)S(=S)(=S)S(=S)(=S)S(=S)(=S)S(=S)(=S)S(=S)(=S)S(=S)(=S)[S-](=S)=S. The van der Waals surface area contributed by atoms with Gasteiger partial charge in [-0.2, -0.15) is 0 Å². The Morgan fingerprint density at radius 2 is 0.226 bits per heavy atom. The van der Waals surface area contributed by atoms with Gasteiger partial charge in [-0.05, 0) is 604 Å². The van der Waals surface area contributed by atoms with Gasteiger partial charge in [0.25, 0.3) is 0 Å². The Labute approximate surface area is 833 Å². The van der Waals surface area contributed by atoms with Crippen molar-refractivity contribution in [2.75, 3.05) is 0 Å². The highest BCUT2D eigenvalue weighted by Gasteiger charge is 2.50. The summed E-state index contributed by atoms with van der Waals surface area (Å²) in [4.78, 5) is 0. The molecule has 0 rings (SSSR count). The van der Waals surface area contributed by atoms with Gasteiger partial charge in [0.05, 0.1) is 5.21 Å². The van der Waals surface area contributed by atoms with E-state index in [9.17, 15) is 0 Å². The summed E-state index contributed by atoms with van der Waals surface area (Å²) in [7, 11) is -1.59. The Bertz CT molecular complexity index is 7180. The van der Waals surface area contributed by atoms with Crippen LogP contribution in [0.3, 0.4) is 0 Å². The van der Waals surface area contributed by atoms with Gasteiger partial charge in [0, 0.05) is 158 Å². The lowest BCUT2D eigenvalue weighted by Crippen LogP contribution is -2.41. The minimum absolute atomic E-state index is 1.59. The van der Waals surface area contributed by atoms with Gasteiger partial charge in [0.15, 0.2) is 0 Å². The van der Waals surface area contributed by atoms with Crippen molar-refractivity contribution < 1.29 is 0 Å². The first-order valence-electron chi connectivity index (χ1n) is 15.4. The van der Waals surface area contributed by atoms with Gasteiger partial charge in [-0.15, -0.1) is 0 Å². The molecule has 0 spiro atoms. The average molecular weight is 2980 g/mol. The summed E-state index contributed by atoms with van der Waals surface area (Å²) < 4.78 is 0. The molecule has 558 valence electrons. The van der Waals surface area contributed by atoms with Crippen molar-refractivity contribution in [3.63, 3.8) is 0 Å². The van der Waals surface area contributed by atoms with E-state index in [1.165, 1.54) is 0 Å². The lowest BCUT2D eigenvalue weighted by atomic mass is 29.6. The van der Waals surface area contributed by atoms with Crippen LogP contribution in [-0.4, -0.2) is 0 Å². The van der Waals surface area contributed by atoms with E-state index in [2.05, 4.69) is 0 Å². The van der Waals surface area contributed by atoms with Crippen molar-refractivity contribution in [3.05, 3.63) is 0 Å². The normalized spacial score (nSPS) is 17.0. The van der Waals surface area contributed by atoms with Crippen molar-refractivity contribution in [3.8, 4) is 0 Å². The van der Waals surface area contributed by atoms with E-state index in [4.69, 9.17) is 695 Å². The van der Waals surface area contributed by atoms with Crippen molar-refractivity contribution in [2.45, 2.75) is 0 Å². The molecule has 0 aliphatic rings. The maximum atomic E-state index is 6.21. The molecule has 0 aromatic rings. The molecule has 0 aliphatic heterocycles. The molecule has 0 heterocycles. The summed E-state index contributed by atoms with van der Waals surface area (Å²) in [5.74, 6) is -3.11. The minimum atomic E-state index is -4.18. The van der Waals surface area contributed by atoms with Gasteiger partial charge >= 0.3 is 0 Å². The summed E-state index contributed by atoms with van der Waals surface area (Å²) in [6.07, 6.45) is 0. The van der Waals surface area contributed by atoms with E-state index in [1.807, 2.05) is 0 Å². The largest absolute Gasteiger partial charge is 0.463 e. The molecule has 0 amide bonds. The van der Waals surface area contributed by atoms with Crippen LogP contribution in [0.5, 0.6) is 0 Å². The zero-order valence-electron chi connectivity index (χ0n) is 38.0. The quantitative estimate of drug-likeness (QED) is 0.0562. The highest BCUT2D eigenvalue weighted by Crippen LogP contribution is 2.47. The van der Waals surface area contributed by atoms with Crippen LogP contribution in [0.2, 0.25) is 0 Å². The predicted octanol–water partition coefficient (Wildman–Crippen LogP) is 0.640. The average Bonchev–Trinajstić information content (AvgIpc) is 3.34. The first kappa shape index (κ1) is 118. The molecule has 1 atom stereocenters. The number of hydrogen-bond acceptors (Lipinski definition) is 63. The van der Waals surface area contributed by atoms with Gasteiger partial charge in [-0.25, -0.2) is 22.4 Å². The fourth-order valence-electron chi connectivity index (χ4n) is 2.90. The molecule has 0 fully saturated rings. The zero-order valence-corrected chi connectivity index (χ0v) is 114. The third-order valence-corrected chi connectivity index (χ3v) is 596. The molecule has 1 unspecified atom stereocenters. The monoisotopic (exact) mass is 2970 g/mol. The fourth-order valence-corrected chi connectivity index (χ4v) is 705. The second-order valence-electron chi connectivity index (χ2n) is 12.3. The third-order valence-electron chi connectivity index (χ3n) is 7.36. The molecule has 0 saturated heterocycles. The van der Waals surface area contributed by atoms with E-state index in [0.717, 1.165) is 0 Å². The lowest BCUT2D eigenvalue weighted by molar-refractivity contribution is 4.96. The Morgan fingerprint density at radius 1 is 0.151 bits per heavy atom. The summed E-state index contributed by atoms with van der Waals surface area (Å²) in [6, 6.07) is 0. The minimum Gasteiger partial charge on any atom is -0.463 e. The van der Waals surface area contributed by atoms with Crippen molar-refractivity contribution in [1.29, 1.82) is 0 Å². The van der Waals surface area contributed by atoms with Gasteiger partial charge in [-0.1, -0.05) is 27.6 Å². The smallest absolute Gasteiger partial charge is 0.148 e. The maximum Gasteiger partial charge on any atom is 0.148 e.